The summed E-state index contributed by atoms with van der Waals surface area (Å²) >= 11 is 1.59. The highest BCUT2D eigenvalue weighted by Crippen LogP contribution is 2.42. The summed E-state index contributed by atoms with van der Waals surface area (Å²) in [6.45, 7) is 0.143. The van der Waals surface area contributed by atoms with E-state index in [1.165, 1.54) is 0 Å². The third kappa shape index (κ3) is 1.67. The molecule has 0 radical (unpaired) electrons. The van der Waals surface area contributed by atoms with E-state index in [4.69, 9.17) is 5.11 Å². The van der Waals surface area contributed by atoms with E-state index >= 15 is 0 Å². The summed E-state index contributed by atoms with van der Waals surface area (Å²) in [5.74, 6) is 0.749. The van der Waals surface area contributed by atoms with E-state index in [2.05, 4.69) is 0 Å². The fraction of sp³-hybridized carbons (Fsp3) is 0.133. The second-order valence-corrected chi connectivity index (χ2v) is 5.26. The van der Waals surface area contributed by atoms with Crippen molar-refractivity contribution in [2.45, 2.75) is 4.90 Å². The molecule has 1 aliphatic rings. The van der Waals surface area contributed by atoms with Crippen molar-refractivity contribution in [1.29, 1.82) is 0 Å². The van der Waals surface area contributed by atoms with Gasteiger partial charge in [-0.3, -0.25) is 4.79 Å². The fourth-order valence-corrected chi connectivity index (χ4v) is 3.17. The van der Waals surface area contributed by atoms with Crippen LogP contribution in [0.1, 0.15) is 15.9 Å². The molecule has 0 fully saturated rings. The maximum Gasteiger partial charge on any atom is 0.194 e. The number of rotatable bonds is 3. The minimum Gasteiger partial charge on any atom is -0.396 e. The second kappa shape index (κ2) is 4.59. The van der Waals surface area contributed by atoms with Gasteiger partial charge in [0.2, 0.25) is 0 Å². The number of benzene rings is 2. The van der Waals surface area contributed by atoms with Crippen molar-refractivity contribution in [1.82, 2.24) is 0 Å². The number of aliphatic hydroxyl groups is 1. The Balaban J connectivity index is 2.18. The average Bonchev–Trinajstić information content (AvgIpc) is 2.71. The molecule has 2 aromatic carbocycles. The number of fused-ring (bicyclic) bond motifs is 3. The lowest BCUT2D eigenvalue weighted by Crippen LogP contribution is -1.94. The van der Waals surface area contributed by atoms with Crippen LogP contribution in [0.15, 0.2) is 47.4 Å². The molecule has 3 heteroatoms. The van der Waals surface area contributed by atoms with Gasteiger partial charge in [0, 0.05) is 27.3 Å². The zero-order chi connectivity index (χ0) is 12.5. The molecule has 0 atom stereocenters. The lowest BCUT2D eigenvalue weighted by Gasteiger charge is -2.07. The van der Waals surface area contributed by atoms with E-state index < -0.39 is 0 Å². The maximum absolute atomic E-state index is 12.3. The van der Waals surface area contributed by atoms with Crippen LogP contribution in [0, 0.1) is 0 Å². The van der Waals surface area contributed by atoms with Gasteiger partial charge in [0.25, 0.3) is 0 Å². The number of carbonyl (C=O) groups excluding carboxylic acids is 1. The van der Waals surface area contributed by atoms with Crippen molar-refractivity contribution in [2.75, 3.05) is 12.4 Å². The van der Waals surface area contributed by atoms with Crippen LogP contribution in [-0.4, -0.2) is 23.2 Å². The molecule has 0 bridgehead atoms. The van der Waals surface area contributed by atoms with E-state index in [1.807, 2.05) is 42.5 Å². The van der Waals surface area contributed by atoms with Crippen LogP contribution in [0.5, 0.6) is 0 Å². The Morgan fingerprint density at radius 3 is 2.44 bits per heavy atom. The first kappa shape index (κ1) is 11.5. The summed E-state index contributed by atoms with van der Waals surface area (Å²) in [5, 5.41) is 8.94. The Hall–Kier alpha value is -1.58. The van der Waals surface area contributed by atoms with Gasteiger partial charge in [-0.1, -0.05) is 36.4 Å². The predicted octanol–water partition coefficient (Wildman–Crippen LogP) is 2.98. The molecule has 0 unspecified atom stereocenters. The molecule has 0 aromatic heterocycles. The molecule has 3 rings (SSSR count). The molecule has 0 aliphatic heterocycles. The maximum atomic E-state index is 12.3. The van der Waals surface area contributed by atoms with Crippen molar-refractivity contribution < 1.29 is 9.90 Å². The number of hydrogen-bond acceptors (Lipinski definition) is 3. The first-order chi connectivity index (χ1) is 8.83. The normalized spacial score (nSPS) is 12.4. The fourth-order valence-electron chi connectivity index (χ4n) is 2.32. The van der Waals surface area contributed by atoms with Gasteiger partial charge in [0.15, 0.2) is 5.78 Å². The largest absolute Gasteiger partial charge is 0.396 e. The van der Waals surface area contributed by atoms with Crippen molar-refractivity contribution >= 4 is 17.5 Å². The topological polar surface area (TPSA) is 37.3 Å². The zero-order valence-corrected chi connectivity index (χ0v) is 10.5. The highest BCUT2D eigenvalue weighted by Gasteiger charge is 2.27. The molecule has 0 saturated carbocycles. The van der Waals surface area contributed by atoms with Gasteiger partial charge in [-0.2, -0.15) is 0 Å². The monoisotopic (exact) mass is 256 g/mol. The van der Waals surface area contributed by atoms with Crippen molar-refractivity contribution in [3.63, 3.8) is 0 Å². The summed E-state index contributed by atoms with van der Waals surface area (Å²) in [6.07, 6.45) is 0. The van der Waals surface area contributed by atoms with Crippen LogP contribution in [0.4, 0.5) is 0 Å². The van der Waals surface area contributed by atoms with Gasteiger partial charge in [-0.05, 0) is 11.6 Å². The summed E-state index contributed by atoms with van der Waals surface area (Å²) < 4.78 is 0. The SMILES string of the molecule is O=C1c2ccccc2-c2c(SCCO)cccc21. The Kier molecular flexibility index (Phi) is 2.94. The molecular formula is C15H12O2S. The van der Waals surface area contributed by atoms with E-state index in [9.17, 15) is 4.79 Å². The van der Waals surface area contributed by atoms with Crippen molar-refractivity contribution in [3.05, 3.63) is 53.6 Å². The number of hydrogen-bond donors (Lipinski definition) is 1. The third-order valence-electron chi connectivity index (χ3n) is 3.06. The molecule has 2 aromatic rings. The first-order valence-corrected chi connectivity index (χ1v) is 6.82. The van der Waals surface area contributed by atoms with Crippen molar-refractivity contribution in [3.8, 4) is 11.1 Å². The van der Waals surface area contributed by atoms with E-state index in [0.29, 0.717) is 5.75 Å². The van der Waals surface area contributed by atoms with Crippen LogP contribution in [0.3, 0.4) is 0 Å². The lowest BCUT2D eigenvalue weighted by molar-refractivity contribution is 0.104. The third-order valence-corrected chi connectivity index (χ3v) is 4.10. The van der Waals surface area contributed by atoms with Crippen LogP contribution in [0.25, 0.3) is 11.1 Å². The van der Waals surface area contributed by atoms with Gasteiger partial charge in [-0.15, -0.1) is 11.8 Å². The summed E-state index contributed by atoms with van der Waals surface area (Å²) in [4.78, 5) is 13.3. The van der Waals surface area contributed by atoms with E-state index in [1.54, 1.807) is 11.8 Å². The standard InChI is InChI=1S/C15H12O2S/c16-8-9-18-13-7-3-6-12-14(13)10-4-1-2-5-11(10)15(12)17/h1-7,16H,8-9H2. The molecule has 0 saturated heterocycles. The predicted molar refractivity (Wildman–Crippen MR) is 73.1 cm³/mol. The number of thioether (sulfide) groups is 1. The molecule has 0 heterocycles. The van der Waals surface area contributed by atoms with Crippen LogP contribution < -0.4 is 0 Å². The summed E-state index contributed by atoms with van der Waals surface area (Å²) in [6, 6.07) is 13.5. The van der Waals surface area contributed by atoms with Crippen LogP contribution in [-0.2, 0) is 0 Å². The quantitative estimate of drug-likeness (QED) is 0.732. The number of aliphatic hydroxyl groups excluding tert-OH is 1. The van der Waals surface area contributed by atoms with Gasteiger partial charge >= 0.3 is 0 Å². The minimum absolute atomic E-state index is 0.104. The second-order valence-electron chi connectivity index (χ2n) is 4.13. The Morgan fingerprint density at radius 1 is 0.944 bits per heavy atom. The molecule has 0 amide bonds. The number of carbonyl (C=O) groups is 1. The lowest BCUT2D eigenvalue weighted by atomic mass is 10.1. The summed E-state index contributed by atoms with van der Waals surface area (Å²) in [5.41, 5.74) is 3.60. The molecule has 18 heavy (non-hydrogen) atoms. The number of ketones is 1. The average molecular weight is 256 g/mol. The Morgan fingerprint density at radius 2 is 1.67 bits per heavy atom. The molecule has 0 spiro atoms. The molecule has 1 aliphatic carbocycles. The minimum atomic E-state index is 0.104. The van der Waals surface area contributed by atoms with Gasteiger partial charge < -0.3 is 5.11 Å². The van der Waals surface area contributed by atoms with Crippen molar-refractivity contribution in [2.24, 2.45) is 0 Å². The van der Waals surface area contributed by atoms with E-state index in [0.717, 1.165) is 27.1 Å². The smallest absolute Gasteiger partial charge is 0.194 e. The highest BCUT2D eigenvalue weighted by molar-refractivity contribution is 7.99. The first-order valence-electron chi connectivity index (χ1n) is 5.83. The molecule has 2 nitrogen and oxygen atoms in total. The molecule has 1 N–H and O–H groups in total. The zero-order valence-electron chi connectivity index (χ0n) is 9.72. The molecule has 90 valence electrons. The van der Waals surface area contributed by atoms with Crippen LogP contribution in [0.2, 0.25) is 0 Å². The Bertz CT molecular complexity index is 620. The molecular weight excluding hydrogens is 244 g/mol. The highest BCUT2D eigenvalue weighted by atomic mass is 32.2. The van der Waals surface area contributed by atoms with Gasteiger partial charge in [0.1, 0.15) is 0 Å². The van der Waals surface area contributed by atoms with Crippen LogP contribution >= 0.6 is 11.8 Å². The van der Waals surface area contributed by atoms with E-state index in [-0.39, 0.29) is 12.4 Å². The van der Waals surface area contributed by atoms with Gasteiger partial charge in [0.05, 0.1) is 6.61 Å². The van der Waals surface area contributed by atoms with Gasteiger partial charge in [-0.25, -0.2) is 0 Å². The summed E-state index contributed by atoms with van der Waals surface area (Å²) in [7, 11) is 0. The Labute approximate surface area is 110 Å².